The minimum atomic E-state index is -0.353. The Kier molecular flexibility index (Phi) is 4.02. The Bertz CT molecular complexity index is 632. The van der Waals surface area contributed by atoms with E-state index in [0.29, 0.717) is 22.1 Å². The molecular weight excluding hydrogens is 264 g/mol. The topological polar surface area (TPSA) is 54.6 Å². The molecule has 0 fully saturated rings. The molecule has 0 aliphatic carbocycles. The molecule has 1 heterocycles. The van der Waals surface area contributed by atoms with Crippen LogP contribution < -0.4 is 5.43 Å². The van der Waals surface area contributed by atoms with Crippen LogP contribution in [0.2, 0.25) is 5.02 Å². The molecule has 2 rings (SSSR count). The van der Waals surface area contributed by atoms with Crippen molar-refractivity contribution in [3.8, 4) is 0 Å². The molecule has 0 radical (unpaired) electrons. The van der Waals surface area contributed by atoms with Gasteiger partial charge in [-0.05, 0) is 38.1 Å². The number of rotatable bonds is 3. The molecule has 19 heavy (non-hydrogen) atoms. The maximum Gasteiger partial charge on any atom is 0.272 e. The van der Waals surface area contributed by atoms with E-state index in [1.54, 1.807) is 37.3 Å². The van der Waals surface area contributed by atoms with Gasteiger partial charge in [0.1, 0.15) is 17.2 Å². The number of carbonyl (C=O) groups excluding carboxylic acids is 1. The second-order valence-corrected chi connectivity index (χ2v) is 4.44. The predicted octanol–water partition coefficient (Wildman–Crippen LogP) is 3.40. The highest BCUT2D eigenvalue weighted by Crippen LogP contribution is 2.14. The highest BCUT2D eigenvalue weighted by molar-refractivity contribution is 6.33. The molecule has 1 aromatic carbocycles. The lowest BCUT2D eigenvalue weighted by Crippen LogP contribution is -2.19. The van der Waals surface area contributed by atoms with Gasteiger partial charge in [-0.25, -0.2) is 5.43 Å². The molecule has 0 unspecified atom stereocenters. The van der Waals surface area contributed by atoms with E-state index in [-0.39, 0.29) is 5.91 Å². The molecule has 0 bridgehead atoms. The molecule has 1 aromatic heterocycles. The fourth-order valence-corrected chi connectivity index (χ4v) is 1.75. The van der Waals surface area contributed by atoms with Crippen molar-refractivity contribution in [3.63, 3.8) is 0 Å². The average Bonchev–Trinajstić information content (AvgIpc) is 2.83. The molecule has 98 valence electrons. The molecule has 2 aromatic rings. The van der Waals surface area contributed by atoms with Gasteiger partial charge in [-0.1, -0.05) is 23.7 Å². The van der Waals surface area contributed by atoms with Crippen LogP contribution in [0.25, 0.3) is 0 Å². The van der Waals surface area contributed by atoms with E-state index in [0.717, 1.165) is 5.76 Å². The average molecular weight is 277 g/mol. The maximum absolute atomic E-state index is 11.9. The number of amides is 1. The SMILES string of the molecule is CC(=NNC(=O)c1ccccc1Cl)c1ccc(C)o1. The number of hydrogen-bond donors (Lipinski definition) is 1. The Balaban J connectivity index is 2.10. The lowest BCUT2D eigenvalue weighted by molar-refractivity contribution is 0.0955. The summed E-state index contributed by atoms with van der Waals surface area (Å²) in [5.74, 6) is 1.06. The van der Waals surface area contributed by atoms with Gasteiger partial charge in [-0.2, -0.15) is 5.10 Å². The van der Waals surface area contributed by atoms with Gasteiger partial charge >= 0.3 is 0 Å². The van der Waals surface area contributed by atoms with E-state index in [1.165, 1.54) is 0 Å². The van der Waals surface area contributed by atoms with E-state index < -0.39 is 0 Å². The van der Waals surface area contributed by atoms with Gasteiger partial charge in [0.05, 0.1) is 10.6 Å². The zero-order chi connectivity index (χ0) is 13.8. The number of aryl methyl sites for hydroxylation is 1. The molecule has 0 saturated heterocycles. The van der Waals surface area contributed by atoms with Crippen LogP contribution in [-0.4, -0.2) is 11.6 Å². The number of benzene rings is 1. The maximum atomic E-state index is 11.9. The van der Waals surface area contributed by atoms with Gasteiger partial charge in [-0.15, -0.1) is 0 Å². The van der Waals surface area contributed by atoms with Crippen molar-refractivity contribution in [2.45, 2.75) is 13.8 Å². The number of nitrogens with zero attached hydrogens (tertiary/aromatic N) is 1. The van der Waals surface area contributed by atoms with Gasteiger partial charge in [0.15, 0.2) is 0 Å². The number of halogens is 1. The Morgan fingerprint density at radius 1 is 1.26 bits per heavy atom. The zero-order valence-electron chi connectivity index (χ0n) is 10.6. The van der Waals surface area contributed by atoms with Crippen LogP contribution >= 0.6 is 11.6 Å². The van der Waals surface area contributed by atoms with Gasteiger partial charge < -0.3 is 4.42 Å². The van der Waals surface area contributed by atoms with Crippen LogP contribution in [0.15, 0.2) is 45.9 Å². The Hall–Kier alpha value is -2.07. The van der Waals surface area contributed by atoms with Crippen molar-refractivity contribution in [3.05, 3.63) is 58.5 Å². The Morgan fingerprint density at radius 2 is 2.00 bits per heavy atom. The first-order chi connectivity index (χ1) is 9.08. The van der Waals surface area contributed by atoms with Crippen LogP contribution in [-0.2, 0) is 0 Å². The predicted molar refractivity (Wildman–Crippen MR) is 74.6 cm³/mol. The van der Waals surface area contributed by atoms with Crippen LogP contribution in [0.1, 0.15) is 28.8 Å². The van der Waals surface area contributed by atoms with Crippen molar-refractivity contribution in [2.75, 3.05) is 0 Å². The van der Waals surface area contributed by atoms with Gasteiger partial charge in [0, 0.05) is 0 Å². The van der Waals surface area contributed by atoms with E-state index in [9.17, 15) is 4.79 Å². The second-order valence-electron chi connectivity index (χ2n) is 4.03. The summed E-state index contributed by atoms with van der Waals surface area (Å²) in [5, 5.41) is 4.38. The molecule has 0 aliphatic heterocycles. The Morgan fingerprint density at radius 3 is 2.63 bits per heavy atom. The molecule has 0 spiro atoms. The molecule has 4 nitrogen and oxygen atoms in total. The molecule has 0 aliphatic rings. The standard InChI is InChI=1S/C14H13ClN2O2/c1-9-7-8-13(19-9)10(2)16-17-14(18)11-5-3-4-6-12(11)15/h3-8H,1-2H3,(H,17,18). The van der Waals surface area contributed by atoms with Gasteiger partial charge in [0.25, 0.3) is 5.91 Å². The molecule has 5 heteroatoms. The third kappa shape index (κ3) is 3.23. The number of carbonyl (C=O) groups is 1. The summed E-state index contributed by atoms with van der Waals surface area (Å²) < 4.78 is 5.40. The zero-order valence-corrected chi connectivity index (χ0v) is 11.4. The van der Waals surface area contributed by atoms with Crippen LogP contribution in [0.5, 0.6) is 0 Å². The lowest BCUT2D eigenvalue weighted by atomic mass is 10.2. The molecule has 1 amide bonds. The molecule has 0 atom stereocenters. The molecular formula is C14H13ClN2O2. The summed E-state index contributed by atoms with van der Waals surface area (Å²) in [5.41, 5.74) is 3.43. The lowest BCUT2D eigenvalue weighted by Gasteiger charge is -2.02. The quantitative estimate of drug-likeness (QED) is 0.690. The molecule has 0 saturated carbocycles. The Labute approximate surface area is 116 Å². The summed E-state index contributed by atoms with van der Waals surface area (Å²) >= 11 is 5.93. The minimum Gasteiger partial charge on any atom is -0.460 e. The van der Waals surface area contributed by atoms with Crippen LogP contribution in [0.3, 0.4) is 0 Å². The van der Waals surface area contributed by atoms with E-state index >= 15 is 0 Å². The summed E-state index contributed by atoms with van der Waals surface area (Å²) in [4.78, 5) is 11.9. The first-order valence-corrected chi connectivity index (χ1v) is 6.11. The largest absolute Gasteiger partial charge is 0.460 e. The fraction of sp³-hybridized carbons (Fsp3) is 0.143. The number of nitrogens with one attached hydrogen (secondary N) is 1. The van der Waals surface area contributed by atoms with Crippen molar-refractivity contribution in [1.82, 2.24) is 5.43 Å². The highest BCUT2D eigenvalue weighted by atomic mass is 35.5. The number of furan rings is 1. The van der Waals surface area contributed by atoms with Crippen molar-refractivity contribution < 1.29 is 9.21 Å². The highest BCUT2D eigenvalue weighted by Gasteiger charge is 2.09. The second kappa shape index (κ2) is 5.71. The first-order valence-electron chi connectivity index (χ1n) is 5.74. The summed E-state index contributed by atoms with van der Waals surface area (Å²) in [6.07, 6.45) is 0. The van der Waals surface area contributed by atoms with Gasteiger partial charge in [-0.3, -0.25) is 4.79 Å². The third-order valence-electron chi connectivity index (χ3n) is 2.54. The number of hydrazone groups is 1. The normalized spacial score (nSPS) is 11.4. The van der Waals surface area contributed by atoms with Gasteiger partial charge in [0.2, 0.25) is 0 Å². The van der Waals surface area contributed by atoms with E-state index in [2.05, 4.69) is 10.5 Å². The van der Waals surface area contributed by atoms with Crippen LogP contribution in [0, 0.1) is 6.92 Å². The van der Waals surface area contributed by atoms with E-state index in [1.807, 2.05) is 13.0 Å². The van der Waals surface area contributed by atoms with Crippen LogP contribution in [0.4, 0.5) is 0 Å². The first kappa shape index (κ1) is 13.4. The summed E-state index contributed by atoms with van der Waals surface area (Å²) in [6.45, 7) is 3.60. The summed E-state index contributed by atoms with van der Waals surface area (Å²) in [7, 11) is 0. The van der Waals surface area contributed by atoms with Crippen molar-refractivity contribution in [1.29, 1.82) is 0 Å². The molecule has 1 N–H and O–H groups in total. The van der Waals surface area contributed by atoms with E-state index in [4.69, 9.17) is 16.0 Å². The minimum absolute atomic E-state index is 0.353. The summed E-state index contributed by atoms with van der Waals surface area (Å²) in [6, 6.07) is 10.4. The fourth-order valence-electron chi connectivity index (χ4n) is 1.52. The monoisotopic (exact) mass is 276 g/mol. The van der Waals surface area contributed by atoms with Crippen molar-refractivity contribution >= 4 is 23.2 Å². The third-order valence-corrected chi connectivity index (χ3v) is 2.87. The van der Waals surface area contributed by atoms with Crippen molar-refractivity contribution in [2.24, 2.45) is 5.10 Å². The smallest absolute Gasteiger partial charge is 0.272 e. The number of hydrogen-bond acceptors (Lipinski definition) is 3.